The Hall–Kier alpha value is -1.72. The molecule has 18 heavy (non-hydrogen) atoms. The van der Waals surface area contributed by atoms with Gasteiger partial charge in [-0.3, -0.25) is 14.5 Å². The van der Waals surface area contributed by atoms with E-state index in [1.54, 1.807) is 31.2 Å². The molecule has 2 amide bonds. The van der Waals surface area contributed by atoms with Crippen LogP contribution in [0, 0.1) is 0 Å². The van der Waals surface area contributed by atoms with Gasteiger partial charge in [0.2, 0.25) is 0 Å². The van der Waals surface area contributed by atoms with Crippen LogP contribution in [0.3, 0.4) is 0 Å². The topological polar surface area (TPSA) is 77.8 Å². The highest BCUT2D eigenvalue weighted by molar-refractivity contribution is 6.21. The zero-order chi connectivity index (χ0) is 13.3. The average Bonchev–Trinajstić information content (AvgIpc) is 2.67. The van der Waals surface area contributed by atoms with E-state index < -0.39 is 30.6 Å². The Morgan fingerprint density at radius 2 is 1.50 bits per heavy atom. The second kappa shape index (κ2) is 4.51. The van der Waals surface area contributed by atoms with Crippen LogP contribution < -0.4 is 0 Å². The molecule has 1 aliphatic rings. The van der Waals surface area contributed by atoms with Gasteiger partial charge in [-0.05, 0) is 18.6 Å². The number of fused-ring (bicyclic) bond motifs is 1. The molecule has 5 nitrogen and oxygen atoms in total. The zero-order valence-electron chi connectivity index (χ0n) is 10.1. The van der Waals surface area contributed by atoms with Crippen molar-refractivity contribution in [2.45, 2.75) is 18.9 Å². The molecule has 0 radical (unpaired) electrons. The van der Waals surface area contributed by atoms with E-state index in [1.807, 2.05) is 0 Å². The SMILES string of the molecule is CCC(CO)(CO)N1C(=O)c2ccccc2C1=O. The number of nitrogens with zero attached hydrogens (tertiary/aromatic N) is 1. The fourth-order valence-corrected chi connectivity index (χ4v) is 2.19. The van der Waals surface area contributed by atoms with Gasteiger partial charge in [-0.2, -0.15) is 0 Å². The lowest BCUT2D eigenvalue weighted by atomic mass is 9.96. The fourth-order valence-electron chi connectivity index (χ4n) is 2.19. The van der Waals surface area contributed by atoms with Gasteiger partial charge in [0.05, 0.1) is 29.9 Å². The number of carbonyl (C=O) groups is 2. The van der Waals surface area contributed by atoms with E-state index in [9.17, 15) is 19.8 Å². The van der Waals surface area contributed by atoms with Crippen LogP contribution in [-0.4, -0.2) is 45.7 Å². The van der Waals surface area contributed by atoms with Gasteiger partial charge in [-0.15, -0.1) is 0 Å². The van der Waals surface area contributed by atoms with E-state index in [0.29, 0.717) is 17.5 Å². The number of hydrogen-bond donors (Lipinski definition) is 2. The number of hydrogen-bond acceptors (Lipinski definition) is 4. The molecule has 1 aromatic rings. The molecule has 0 bridgehead atoms. The summed E-state index contributed by atoms with van der Waals surface area (Å²) in [4.78, 5) is 25.4. The van der Waals surface area contributed by atoms with Crippen molar-refractivity contribution in [2.75, 3.05) is 13.2 Å². The first-order valence-electron chi connectivity index (χ1n) is 5.81. The summed E-state index contributed by atoms with van der Waals surface area (Å²) in [6.07, 6.45) is 0.297. The number of benzene rings is 1. The predicted molar refractivity (Wildman–Crippen MR) is 64.1 cm³/mol. The monoisotopic (exact) mass is 249 g/mol. The van der Waals surface area contributed by atoms with Crippen LogP contribution in [0.5, 0.6) is 0 Å². The van der Waals surface area contributed by atoms with Crippen LogP contribution in [0.25, 0.3) is 0 Å². The molecule has 0 unspecified atom stereocenters. The van der Waals surface area contributed by atoms with Crippen LogP contribution >= 0.6 is 0 Å². The molecule has 1 aliphatic heterocycles. The normalized spacial score (nSPS) is 15.2. The van der Waals surface area contributed by atoms with Crippen LogP contribution in [0.15, 0.2) is 24.3 Å². The second-order valence-corrected chi connectivity index (χ2v) is 4.39. The number of carbonyl (C=O) groups excluding carboxylic acids is 2. The molecular weight excluding hydrogens is 234 g/mol. The van der Waals surface area contributed by atoms with Gasteiger partial charge in [-0.1, -0.05) is 19.1 Å². The van der Waals surface area contributed by atoms with Gasteiger partial charge in [0, 0.05) is 0 Å². The molecule has 2 N–H and O–H groups in total. The largest absolute Gasteiger partial charge is 0.394 e. The molecule has 0 spiro atoms. The number of aliphatic hydroxyl groups excluding tert-OH is 2. The number of amides is 2. The summed E-state index contributed by atoms with van der Waals surface area (Å²) in [5.41, 5.74) is -0.586. The van der Waals surface area contributed by atoms with Crippen LogP contribution in [0.2, 0.25) is 0 Å². The summed E-state index contributed by atoms with van der Waals surface area (Å²) in [5, 5.41) is 18.9. The molecule has 96 valence electrons. The smallest absolute Gasteiger partial charge is 0.262 e. The van der Waals surface area contributed by atoms with Crippen molar-refractivity contribution in [3.63, 3.8) is 0 Å². The minimum absolute atomic E-state index is 0.297. The first-order chi connectivity index (χ1) is 8.61. The highest BCUT2D eigenvalue weighted by atomic mass is 16.3. The summed E-state index contributed by atoms with van der Waals surface area (Å²) < 4.78 is 0. The Labute approximate surface area is 105 Å². The Balaban J connectivity index is 2.51. The van der Waals surface area contributed by atoms with E-state index >= 15 is 0 Å². The van der Waals surface area contributed by atoms with Crippen molar-refractivity contribution in [3.8, 4) is 0 Å². The molecule has 5 heteroatoms. The molecule has 0 aliphatic carbocycles. The third-order valence-electron chi connectivity index (χ3n) is 3.52. The minimum atomic E-state index is -1.23. The number of rotatable bonds is 4. The minimum Gasteiger partial charge on any atom is -0.394 e. The van der Waals surface area contributed by atoms with Crippen molar-refractivity contribution < 1.29 is 19.8 Å². The molecule has 1 heterocycles. The van der Waals surface area contributed by atoms with Crippen LogP contribution in [0.4, 0.5) is 0 Å². The molecule has 0 atom stereocenters. The lowest BCUT2D eigenvalue weighted by molar-refractivity contribution is 0.000325. The summed E-state index contributed by atoms with van der Waals surface area (Å²) in [6.45, 7) is 0.812. The molecule has 0 saturated heterocycles. The van der Waals surface area contributed by atoms with E-state index in [4.69, 9.17) is 0 Å². The lowest BCUT2D eigenvalue weighted by Crippen LogP contribution is -2.56. The van der Waals surface area contributed by atoms with Gasteiger partial charge in [0.1, 0.15) is 0 Å². The van der Waals surface area contributed by atoms with Crippen molar-refractivity contribution in [3.05, 3.63) is 35.4 Å². The maximum atomic E-state index is 12.2. The third-order valence-corrected chi connectivity index (χ3v) is 3.52. The highest BCUT2D eigenvalue weighted by Crippen LogP contribution is 2.31. The van der Waals surface area contributed by atoms with E-state index in [1.165, 1.54) is 0 Å². The van der Waals surface area contributed by atoms with Crippen LogP contribution in [-0.2, 0) is 0 Å². The Kier molecular flexibility index (Phi) is 3.19. The van der Waals surface area contributed by atoms with Crippen LogP contribution in [0.1, 0.15) is 34.1 Å². The van der Waals surface area contributed by atoms with Gasteiger partial charge >= 0.3 is 0 Å². The predicted octanol–water partition coefficient (Wildman–Crippen LogP) is 0.416. The molecule has 0 fully saturated rings. The molecule has 2 rings (SSSR count). The number of imide groups is 1. The first-order valence-corrected chi connectivity index (χ1v) is 5.81. The van der Waals surface area contributed by atoms with Gasteiger partial charge < -0.3 is 10.2 Å². The Morgan fingerprint density at radius 1 is 1.06 bits per heavy atom. The van der Waals surface area contributed by atoms with E-state index in [0.717, 1.165) is 4.90 Å². The van der Waals surface area contributed by atoms with Crippen molar-refractivity contribution in [1.82, 2.24) is 4.90 Å². The van der Waals surface area contributed by atoms with E-state index in [2.05, 4.69) is 0 Å². The number of aliphatic hydroxyl groups is 2. The zero-order valence-corrected chi connectivity index (χ0v) is 10.1. The third kappa shape index (κ3) is 1.55. The van der Waals surface area contributed by atoms with Gasteiger partial charge in [0.15, 0.2) is 0 Å². The molecule has 1 aromatic carbocycles. The van der Waals surface area contributed by atoms with Crippen molar-refractivity contribution in [1.29, 1.82) is 0 Å². The quantitative estimate of drug-likeness (QED) is 0.758. The fraction of sp³-hybridized carbons (Fsp3) is 0.385. The summed E-state index contributed by atoms with van der Waals surface area (Å²) >= 11 is 0. The van der Waals surface area contributed by atoms with E-state index in [-0.39, 0.29) is 0 Å². The molecule has 0 saturated carbocycles. The molecular formula is C13H15NO4. The maximum Gasteiger partial charge on any atom is 0.262 e. The lowest BCUT2D eigenvalue weighted by Gasteiger charge is -2.36. The summed E-state index contributed by atoms with van der Waals surface area (Å²) in [6, 6.07) is 6.51. The highest BCUT2D eigenvalue weighted by Gasteiger charge is 2.47. The van der Waals surface area contributed by atoms with Crippen molar-refractivity contribution in [2.24, 2.45) is 0 Å². The first kappa shape index (κ1) is 12.7. The second-order valence-electron chi connectivity index (χ2n) is 4.39. The van der Waals surface area contributed by atoms with Crippen molar-refractivity contribution >= 4 is 11.8 Å². The Morgan fingerprint density at radius 3 is 1.83 bits per heavy atom. The average molecular weight is 249 g/mol. The van der Waals surface area contributed by atoms with Gasteiger partial charge in [-0.25, -0.2) is 0 Å². The van der Waals surface area contributed by atoms with Gasteiger partial charge in [0.25, 0.3) is 11.8 Å². The molecule has 0 aromatic heterocycles. The maximum absolute atomic E-state index is 12.2. The Bertz CT molecular complexity index is 450. The summed E-state index contributed by atoms with van der Waals surface area (Å²) in [7, 11) is 0. The summed E-state index contributed by atoms with van der Waals surface area (Å²) in [5.74, 6) is -0.916. The standard InChI is InChI=1S/C13H15NO4/c1-2-13(7-15,8-16)14-11(17)9-5-3-4-6-10(9)12(14)18/h3-6,15-16H,2,7-8H2,1H3.